The van der Waals surface area contributed by atoms with Crippen LogP contribution in [-0.4, -0.2) is 37.1 Å². The van der Waals surface area contributed by atoms with Gasteiger partial charge in [-0.1, -0.05) is 32.8 Å². The molecule has 0 N–H and O–H groups in total. The van der Waals surface area contributed by atoms with E-state index in [9.17, 15) is 14.4 Å². The van der Waals surface area contributed by atoms with Crippen LogP contribution >= 0.6 is 0 Å². The number of rotatable bonds is 4. The molecule has 2 heterocycles. The second-order valence-corrected chi connectivity index (χ2v) is 10.7. The van der Waals surface area contributed by atoms with Crippen LogP contribution in [0, 0.1) is 28.6 Å². The topological polar surface area (TPSA) is 88.1 Å². The van der Waals surface area contributed by atoms with Gasteiger partial charge in [-0.15, -0.1) is 0 Å². The van der Waals surface area contributed by atoms with Crippen LogP contribution in [-0.2, 0) is 33.3 Å². The molecule has 6 atom stereocenters. The van der Waals surface area contributed by atoms with Crippen molar-refractivity contribution in [2.45, 2.75) is 85.7 Å². The van der Waals surface area contributed by atoms with Crippen LogP contribution in [0.3, 0.4) is 0 Å². The first kappa shape index (κ1) is 22.3. The summed E-state index contributed by atoms with van der Waals surface area (Å²) in [6.07, 6.45) is 4.60. The number of allylic oxidation sites excluding steroid dienone is 1. The highest BCUT2D eigenvalue weighted by Crippen LogP contribution is 2.59. The molecule has 2 aliphatic carbocycles. The maximum atomic E-state index is 13.0. The molecular formula is C24H34O7. The van der Waals surface area contributed by atoms with Crippen molar-refractivity contribution < 1.29 is 33.3 Å². The van der Waals surface area contributed by atoms with Crippen LogP contribution in [0.4, 0.5) is 0 Å². The molecule has 7 nitrogen and oxygen atoms in total. The molecule has 0 aromatic rings. The van der Waals surface area contributed by atoms with E-state index in [1.807, 2.05) is 0 Å². The predicted molar refractivity (Wildman–Crippen MR) is 110 cm³/mol. The van der Waals surface area contributed by atoms with Gasteiger partial charge in [0.05, 0.1) is 5.92 Å². The monoisotopic (exact) mass is 434 g/mol. The Balaban J connectivity index is 1.78. The zero-order chi connectivity index (χ0) is 22.6. The molecule has 2 aliphatic heterocycles. The first-order valence-corrected chi connectivity index (χ1v) is 11.4. The van der Waals surface area contributed by atoms with Crippen LogP contribution < -0.4 is 0 Å². The summed E-state index contributed by atoms with van der Waals surface area (Å²) in [4.78, 5) is 36.2. The summed E-state index contributed by atoms with van der Waals surface area (Å²) in [7, 11) is 0. The van der Waals surface area contributed by atoms with Gasteiger partial charge in [-0.25, -0.2) is 0 Å². The van der Waals surface area contributed by atoms with Crippen molar-refractivity contribution in [3.8, 4) is 0 Å². The Morgan fingerprint density at radius 2 is 1.87 bits per heavy atom. The maximum Gasteiger partial charge on any atom is 0.318 e. The average molecular weight is 435 g/mol. The van der Waals surface area contributed by atoms with Gasteiger partial charge in [0.2, 0.25) is 12.6 Å². The third-order valence-electron chi connectivity index (χ3n) is 7.61. The second kappa shape index (κ2) is 7.91. The highest BCUT2D eigenvalue weighted by atomic mass is 16.8. The molecule has 3 fully saturated rings. The maximum absolute atomic E-state index is 13.0. The number of hydrogen-bond donors (Lipinski definition) is 0. The highest BCUT2D eigenvalue weighted by molar-refractivity contribution is 5.79. The second-order valence-electron chi connectivity index (χ2n) is 10.7. The van der Waals surface area contributed by atoms with Gasteiger partial charge in [-0.2, -0.15) is 0 Å². The number of carbonyl (C=O) groups excluding carboxylic acids is 3. The zero-order valence-electron chi connectivity index (χ0n) is 19.2. The van der Waals surface area contributed by atoms with E-state index in [1.165, 1.54) is 25.8 Å². The fourth-order valence-corrected chi connectivity index (χ4v) is 6.64. The Bertz CT molecular complexity index is 813. The van der Waals surface area contributed by atoms with E-state index in [2.05, 4.69) is 20.8 Å². The summed E-state index contributed by atoms with van der Waals surface area (Å²) < 4.78 is 22.3. The molecule has 7 heteroatoms. The van der Waals surface area contributed by atoms with E-state index >= 15 is 0 Å². The average Bonchev–Trinajstić information content (AvgIpc) is 2.97. The van der Waals surface area contributed by atoms with Gasteiger partial charge in [0.25, 0.3) is 0 Å². The summed E-state index contributed by atoms with van der Waals surface area (Å²) in [5, 5.41) is 0. The minimum absolute atomic E-state index is 0.0271. The first-order valence-electron chi connectivity index (χ1n) is 11.4. The molecule has 0 bridgehead atoms. The van der Waals surface area contributed by atoms with Gasteiger partial charge >= 0.3 is 17.9 Å². The summed E-state index contributed by atoms with van der Waals surface area (Å²) in [5.74, 6) is -2.14. The predicted octanol–water partition coefficient (Wildman–Crippen LogP) is 3.90. The molecule has 1 saturated carbocycles. The Hall–Kier alpha value is -1.89. The molecule has 4 rings (SSSR count). The number of ether oxygens (including phenoxy) is 4. The molecule has 0 aromatic carbocycles. The lowest BCUT2D eigenvalue weighted by Gasteiger charge is -2.49. The van der Waals surface area contributed by atoms with Gasteiger partial charge in [0.15, 0.2) is 0 Å². The fourth-order valence-electron chi connectivity index (χ4n) is 6.64. The largest absolute Gasteiger partial charge is 0.465 e. The first-order chi connectivity index (χ1) is 14.5. The summed E-state index contributed by atoms with van der Waals surface area (Å²) in [6.45, 7) is 9.61. The van der Waals surface area contributed by atoms with Crippen molar-refractivity contribution in [3.05, 3.63) is 11.1 Å². The zero-order valence-corrected chi connectivity index (χ0v) is 19.2. The van der Waals surface area contributed by atoms with E-state index in [4.69, 9.17) is 18.9 Å². The van der Waals surface area contributed by atoms with Crippen molar-refractivity contribution in [3.63, 3.8) is 0 Å². The van der Waals surface area contributed by atoms with Crippen LogP contribution in [0.2, 0.25) is 0 Å². The lowest BCUT2D eigenvalue weighted by molar-refractivity contribution is -0.220. The van der Waals surface area contributed by atoms with Gasteiger partial charge in [-0.3, -0.25) is 14.4 Å². The van der Waals surface area contributed by atoms with Crippen molar-refractivity contribution in [1.82, 2.24) is 0 Å². The standard InChI is InChI=1S/C24H34O7/c1-13(25)28-11-16-18-17(24(5)10-6-9-23(3,4)12-24)8-7-15-19(18)22(30-20(16)27)31-21(15)29-14(2)26/h15-16,19,21-22H,6-12H2,1-5H3/t15-,16-,19-,21-,22?,24+/m1/s1. The van der Waals surface area contributed by atoms with Crippen molar-refractivity contribution in [1.29, 1.82) is 0 Å². The Labute approximate surface area is 183 Å². The van der Waals surface area contributed by atoms with Gasteiger partial charge < -0.3 is 18.9 Å². The SMILES string of the molecule is CC(=O)OC[C@H]1C(=O)OC2O[C@@H](OC(C)=O)[C@@H]3CCC([C@@]4(C)CCCC(C)(C)C4)=C1[C@H]23. The van der Waals surface area contributed by atoms with E-state index in [1.54, 1.807) is 0 Å². The van der Waals surface area contributed by atoms with Gasteiger partial charge in [0.1, 0.15) is 12.5 Å². The molecule has 0 radical (unpaired) electrons. The van der Waals surface area contributed by atoms with Crippen molar-refractivity contribution in [2.75, 3.05) is 6.61 Å². The summed E-state index contributed by atoms with van der Waals surface area (Å²) >= 11 is 0. The Morgan fingerprint density at radius 1 is 1.13 bits per heavy atom. The molecule has 31 heavy (non-hydrogen) atoms. The molecule has 172 valence electrons. The molecule has 4 aliphatic rings. The minimum Gasteiger partial charge on any atom is -0.465 e. The Kier molecular flexibility index (Phi) is 5.69. The van der Waals surface area contributed by atoms with Crippen LogP contribution in [0.25, 0.3) is 0 Å². The molecular weight excluding hydrogens is 400 g/mol. The van der Waals surface area contributed by atoms with Crippen LogP contribution in [0.5, 0.6) is 0 Å². The van der Waals surface area contributed by atoms with Crippen molar-refractivity contribution in [2.24, 2.45) is 28.6 Å². The normalized spacial score (nSPS) is 38.9. The fraction of sp³-hybridized carbons (Fsp3) is 0.792. The van der Waals surface area contributed by atoms with Gasteiger partial charge in [-0.05, 0) is 48.5 Å². The summed E-state index contributed by atoms with van der Waals surface area (Å²) in [6, 6.07) is 0. The molecule has 0 spiro atoms. The van der Waals surface area contributed by atoms with E-state index in [0.29, 0.717) is 0 Å². The van der Waals surface area contributed by atoms with Crippen molar-refractivity contribution >= 4 is 17.9 Å². The lowest BCUT2D eigenvalue weighted by atomic mass is 9.56. The lowest BCUT2D eigenvalue weighted by Crippen LogP contribution is -2.46. The van der Waals surface area contributed by atoms with Gasteiger partial charge in [0, 0.05) is 19.8 Å². The summed E-state index contributed by atoms with van der Waals surface area (Å²) in [5.41, 5.74) is 2.50. The quantitative estimate of drug-likeness (QED) is 0.377. The van der Waals surface area contributed by atoms with Crippen LogP contribution in [0.1, 0.15) is 73.1 Å². The molecule has 1 unspecified atom stereocenters. The van der Waals surface area contributed by atoms with E-state index < -0.39 is 36.4 Å². The molecule has 0 aromatic heterocycles. The third kappa shape index (κ3) is 4.13. The van der Waals surface area contributed by atoms with E-state index in [-0.39, 0.29) is 29.3 Å². The number of esters is 3. The minimum atomic E-state index is -0.763. The molecule has 0 amide bonds. The number of carbonyl (C=O) groups is 3. The highest BCUT2D eigenvalue weighted by Gasteiger charge is 2.59. The third-order valence-corrected chi connectivity index (χ3v) is 7.61. The van der Waals surface area contributed by atoms with E-state index in [0.717, 1.165) is 37.7 Å². The van der Waals surface area contributed by atoms with Crippen LogP contribution in [0.15, 0.2) is 11.1 Å². The molecule has 2 saturated heterocycles. The number of hydrogen-bond acceptors (Lipinski definition) is 7. The smallest absolute Gasteiger partial charge is 0.318 e. The Morgan fingerprint density at radius 3 is 2.52 bits per heavy atom.